The average Bonchev–Trinajstić information content (AvgIpc) is 2.32. The molecule has 5 heteroatoms. The van der Waals surface area contributed by atoms with E-state index in [1.54, 1.807) is 12.1 Å². The minimum absolute atomic E-state index is 0.0430. The van der Waals surface area contributed by atoms with E-state index in [1.165, 1.54) is 12.4 Å². The first kappa shape index (κ1) is 11.7. The zero-order chi connectivity index (χ0) is 12.3. The second kappa shape index (κ2) is 5.05. The normalized spacial score (nSPS) is 10.0. The maximum absolute atomic E-state index is 11.8. The van der Waals surface area contributed by atoms with Crippen LogP contribution >= 0.6 is 15.9 Å². The van der Waals surface area contributed by atoms with Crippen molar-refractivity contribution in [1.29, 1.82) is 0 Å². The third-order valence-corrected chi connectivity index (χ3v) is 2.56. The Morgan fingerprint density at radius 1 is 1.24 bits per heavy atom. The molecule has 0 aliphatic heterocycles. The molecule has 0 bridgehead atoms. The molecule has 0 amide bonds. The van der Waals surface area contributed by atoms with Crippen LogP contribution in [0.2, 0.25) is 0 Å². The van der Waals surface area contributed by atoms with Crippen molar-refractivity contribution < 1.29 is 9.53 Å². The predicted octanol–water partition coefficient (Wildman–Crippen LogP) is 2.77. The number of hydrogen-bond donors (Lipinski definition) is 0. The molecule has 1 aromatic heterocycles. The first-order valence-electron chi connectivity index (χ1n) is 4.92. The third-order valence-electron chi connectivity index (χ3n) is 2.15. The Kier molecular flexibility index (Phi) is 3.49. The van der Waals surface area contributed by atoms with Crippen molar-refractivity contribution in [2.24, 2.45) is 0 Å². The fraction of sp³-hybridized carbons (Fsp3) is 0.0833. The standard InChI is InChI=1S/C12H9BrN2O2/c1-8-4-2-3-5-10(8)11(16)17-12-14-6-9(13)7-15-12/h2-7H,1H3. The van der Waals surface area contributed by atoms with Crippen molar-refractivity contribution in [3.05, 3.63) is 52.3 Å². The molecule has 2 aromatic rings. The molecule has 0 saturated carbocycles. The van der Waals surface area contributed by atoms with Gasteiger partial charge >= 0.3 is 12.0 Å². The van der Waals surface area contributed by atoms with Gasteiger partial charge in [0.05, 0.1) is 10.0 Å². The molecule has 0 N–H and O–H groups in total. The van der Waals surface area contributed by atoms with Gasteiger partial charge in [0.1, 0.15) is 0 Å². The van der Waals surface area contributed by atoms with Gasteiger partial charge in [-0.2, -0.15) is 0 Å². The zero-order valence-electron chi connectivity index (χ0n) is 9.05. The van der Waals surface area contributed by atoms with Crippen LogP contribution in [-0.4, -0.2) is 15.9 Å². The fourth-order valence-corrected chi connectivity index (χ4v) is 1.50. The number of benzene rings is 1. The smallest absolute Gasteiger partial charge is 0.346 e. The van der Waals surface area contributed by atoms with Crippen LogP contribution in [0.1, 0.15) is 15.9 Å². The molecule has 0 saturated heterocycles. The summed E-state index contributed by atoms with van der Waals surface area (Å²) in [6, 6.07) is 7.24. The highest BCUT2D eigenvalue weighted by atomic mass is 79.9. The van der Waals surface area contributed by atoms with E-state index in [1.807, 2.05) is 19.1 Å². The number of nitrogens with zero attached hydrogens (tertiary/aromatic N) is 2. The number of aryl methyl sites for hydroxylation is 1. The van der Waals surface area contributed by atoms with E-state index < -0.39 is 5.97 Å². The predicted molar refractivity (Wildman–Crippen MR) is 65.9 cm³/mol. The summed E-state index contributed by atoms with van der Waals surface area (Å²) in [7, 11) is 0. The number of carbonyl (C=O) groups is 1. The van der Waals surface area contributed by atoms with Crippen LogP contribution in [-0.2, 0) is 0 Å². The maximum Gasteiger partial charge on any atom is 0.346 e. The van der Waals surface area contributed by atoms with E-state index >= 15 is 0 Å². The molecule has 0 aliphatic rings. The Morgan fingerprint density at radius 2 is 1.88 bits per heavy atom. The van der Waals surface area contributed by atoms with Crippen LogP contribution in [0.25, 0.3) is 0 Å². The monoisotopic (exact) mass is 292 g/mol. The molecule has 2 rings (SSSR count). The quantitative estimate of drug-likeness (QED) is 0.799. The molecule has 0 aliphatic carbocycles. The van der Waals surface area contributed by atoms with Gasteiger partial charge in [-0.15, -0.1) is 0 Å². The molecule has 4 nitrogen and oxygen atoms in total. The average molecular weight is 293 g/mol. The third kappa shape index (κ3) is 2.88. The highest BCUT2D eigenvalue weighted by Gasteiger charge is 2.12. The summed E-state index contributed by atoms with van der Waals surface area (Å²) in [6.45, 7) is 1.85. The van der Waals surface area contributed by atoms with Gasteiger partial charge < -0.3 is 4.74 Å². The highest BCUT2D eigenvalue weighted by Crippen LogP contribution is 2.12. The van der Waals surface area contributed by atoms with Crippen molar-refractivity contribution in [3.63, 3.8) is 0 Å². The van der Waals surface area contributed by atoms with E-state index in [0.29, 0.717) is 5.56 Å². The van der Waals surface area contributed by atoms with Crippen molar-refractivity contribution in [3.8, 4) is 6.01 Å². The van der Waals surface area contributed by atoms with E-state index in [4.69, 9.17) is 4.74 Å². The first-order chi connectivity index (χ1) is 8.16. The molecule has 0 atom stereocenters. The van der Waals surface area contributed by atoms with Crippen molar-refractivity contribution in [2.45, 2.75) is 6.92 Å². The summed E-state index contributed by atoms with van der Waals surface area (Å²) in [6.07, 6.45) is 3.04. The molecule has 1 heterocycles. The molecule has 1 aromatic carbocycles. The Labute approximate surface area is 107 Å². The number of hydrogen-bond acceptors (Lipinski definition) is 4. The van der Waals surface area contributed by atoms with Crippen LogP contribution in [0.15, 0.2) is 41.1 Å². The van der Waals surface area contributed by atoms with Crippen LogP contribution in [0.4, 0.5) is 0 Å². The minimum Gasteiger partial charge on any atom is -0.387 e. The number of ether oxygens (including phenoxy) is 1. The molecule has 0 spiro atoms. The van der Waals surface area contributed by atoms with Gasteiger partial charge in [0.15, 0.2) is 0 Å². The Balaban J connectivity index is 2.17. The van der Waals surface area contributed by atoms with Crippen LogP contribution in [0, 0.1) is 6.92 Å². The topological polar surface area (TPSA) is 52.1 Å². The van der Waals surface area contributed by atoms with Crippen molar-refractivity contribution in [1.82, 2.24) is 9.97 Å². The summed E-state index contributed by atoms with van der Waals surface area (Å²) in [5.41, 5.74) is 1.37. The first-order valence-corrected chi connectivity index (χ1v) is 5.71. The number of halogens is 1. The van der Waals surface area contributed by atoms with Crippen molar-refractivity contribution >= 4 is 21.9 Å². The zero-order valence-corrected chi connectivity index (χ0v) is 10.6. The van der Waals surface area contributed by atoms with E-state index in [0.717, 1.165) is 10.0 Å². The van der Waals surface area contributed by atoms with Gasteiger partial charge in [0.25, 0.3) is 0 Å². The number of carbonyl (C=O) groups excluding carboxylic acids is 1. The lowest BCUT2D eigenvalue weighted by Crippen LogP contribution is -2.11. The molecule has 0 unspecified atom stereocenters. The summed E-state index contributed by atoms with van der Waals surface area (Å²) in [5.74, 6) is -0.453. The second-order valence-corrected chi connectivity index (χ2v) is 4.30. The maximum atomic E-state index is 11.8. The molecule has 0 fully saturated rings. The van der Waals surface area contributed by atoms with Gasteiger partial charge in [-0.25, -0.2) is 14.8 Å². The summed E-state index contributed by atoms with van der Waals surface area (Å²) < 4.78 is 5.78. The van der Waals surface area contributed by atoms with Gasteiger partial charge in [-0.05, 0) is 34.5 Å². The van der Waals surface area contributed by atoms with Gasteiger partial charge in [-0.3, -0.25) is 0 Å². The lowest BCUT2D eigenvalue weighted by Gasteiger charge is -2.04. The van der Waals surface area contributed by atoms with E-state index in [-0.39, 0.29) is 6.01 Å². The summed E-state index contributed by atoms with van der Waals surface area (Å²) >= 11 is 3.20. The SMILES string of the molecule is Cc1ccccc1C(=O)Oc1ncc(Br)cn1. The molecule has 17 heavy (non-hydrogen) atoms. The van der Waals surface area contributed by atoms with Gasteiger partial charge in [0.2, 0.25) is 0 Å². The number of aromatic nitrogens is 2. The molecular formula is C12H9BrN2O2. The molecule has 0 radical (unpaired) electrons. The lowest BCUT2D eigenvalue weighted by molar-refractivity contribution is 0.0718. The lowest BCUT2D eigenvalue weighted by atomic mass is 10.1. The number of rotatable bonds is 2. The van der Waals surface area contributed by atoms with Gasteiger partial charge in [0, 0.05) is 12.4 Å². The fourth-order valence-electron chi connectivity index (χ4n) is 1.29. The van der Waals surface area contributed by atoms with Crippen LogP contribution < -0.4 is 4.74 Å². The largest absolute Gasteiger partial charge is 0.387 e. The van der Waals surface area contributed by atoms with Gasteiger partial charge in [-0.1, -0.05) is 18.2 Å². The highest BCUT2D eigenvalue weighted by molar-refractivity contribution is 9.10. The Morgan fingerprint density at radius 3 is 2.53 bits per heavy atom. The molecular weight excluding hydrogens is 284 g/mol. The van der Waals surface area contributed by atoms with Crippen molar-refractivity contribution in [2.75, 3.05) is 0 Å². The van der Waals surface area contributed by atoms with Crippen LogP contribution in [0.3, 0.4) is 0 Å². The van der Waals surface area contributed by atoms with E-state index in [2.05, 4.69) is 25.9 Å². The summed E-state index contributed by atoms with van der Waals surface area (Å²) in [5, 5.41) is 0. The summed E-state index contributed by atoms with van der Waals surface area (Å²) in [4.78, 5) is 19.6. The minimum atomic E-state index is -0.453. The van der Waals surface area contributed by atoms with E-state index in [9.17, 15) is 4.79 Å². The van der Waals surface area contributed by atoms with Crippen LogP contribution in [0.5, 0.6) is 6.01 Å². The molecule has 86 valence electrons. The number of esters is 1. The Hall–Kier alpha value is -1.75. The Bertz CT molecular complexity index is 540. The second-order valence-electron chi connectivity index (χ2n) is 3.39.